The number of halogens is 2. The number of aliphatic imine (C=N–C) groups is 1. The van der Waals surface area contributed by atoms with Crippen LogP contribution in [0.3, 0.4) is 0 Å². The van der Waals surface area contributed by atoms with E-state index in [4.69, 9.17) is 21.7 Å². The van der Waals surface area contributed by atoms with Gasteiger partial charge in [-0.3, -0.25) is 9.69 Å². The van der Waals surface area contributed by atoms with Gasteiger partial charge in [-0.1, -0.05) is 18.5 Å². The number of allylic oxidation sites excluding steroid dienone is 2. The first-order valence-corrected chi connectivity index (χ1v) is 13.6. The number of hydrogen-bond donors (Lipinski definition) is 3. The van der Waals surface area contributed by atoms with Crippen molar-refractivity contribution in [2.45, 2.75) is 82.7 Å². The van der Waals surface area contributed by atoms with Gasteiger partial charge in [-0.2, -0.15) is 0 Å². The van der Waals surface area contributed by atoms with Crippen molar-refractivity contribution in [1.82, 2.24) is 15.1 Å². The quantitative estimate of drug-likeness (QED) is 0.536. The van der Waals surface area contributed by atoms with Crippen molar-refractivity contribution < 1.29 is 19.0 Å². The highest BCUT2D eigenvalue weighted by atomic mass is 35.5. The SMILES string of the molecule is CCC1=C(Cl)C(C)=N/C(=C2\CN(C(=O)c3ccc(F)cc3O[C@@H]3C[C@H]4N5[C@@H](CC35C)C[C@@]4(C)O)CC2=N)N1. The molecule has 1 amide bonds. The lowest BCUT2D eigenvalue weighted by atomic mass is 9.76. The molecular formula is C28H33ClFN5O3. The van der Waals surface area contributed by atoms with Crippen molar-refractivity contribution in [3.8, 4) is 5.75 Å². The molecule has 3 N–H and O–H groups in total. The third-order valence-electron chi connectivity index (χ3n) is 9.03. The van der Waals surface area contributed by atoms with Crippen molar-refractivity contribution in [3.05, 3.63) is 51.7 Å². The zero-order valence-electron chi connectivity index (χ0n) is 22.1. The van der Waals surface area contributed by atoms with E-state index in [-0.39, 0.29) is 48.0 Å². The van der Waals surface area contributed by atoms with Gasteiger partial charge in [0.1, 0.15) is 23.5 Å². The van der Waals surface area contributed by atoms with Crippen LogP contribution >= 0.6 is 11.6 Å². The van der Waals surface area contributed by atoms with E-state index < -0.39 is 11.4 Å². The number of benzene rings is 1. The van der Waals surface area contributed by atoms with Crippen LogP contribution in [-0.4, -0.2) is 74.7 Å². The molecule has 202 valence electrons. The summed E-state index contributed by atoms with van der Waals surface area (Å²) in [6.45, 7) is 8.12. The average Bonchev–Trinajstić information content (AvgIpc) is 3.42. The first-order valence-electron chi connectivity index (χ1n) is 13.2. The van der Waals surface area contributed by atoms with Gasteiger partial charge >= 0.3 is 0 Å². The van der Waals surface area contributed by atoms with E-state index >= 15 is 0 Å². The molecule has 10 heteroatoms. The van der Waals surface area contributed by atoms with Crippen molar-refractivity contribution in [3.63, 3.8) is 0 Å². The van der Waals surface area contributed by atoms with Gasteiger partial charge in [-0.15, -0.1) is 0 Å². The van der Waals surface area contributed by atoms with Gasteiger partial charge in [0.2, 0.25) is 0 Å². The van der Waals surface area contributed by atoms with Crippen molar-refractivity contribution in [2.24, 2.45) is 4.99 Å². The predicted molar refractivity (Wildman–Crippen MR) is 143 cm³/mol. The molecule has 5 aliphatic heterocycles. The summed E-state index contributed by atoms with van der Waals surface area (Å²) < 4.78 is 20.8. The van der Waals surface area contributed by atoms with Crippen LogP contribution in [0.1, 0.15) is 63.7 Å². The summed E-state index contributed by atoms with van der Waals surface area (Å²) in [5, 5.41) is 23.3. The summed E-state index contributed by atoms with van der Waals surface area (Å²) in [5.41, 5.74) is 1.63. The largest absolute Gasteiger partial charge is 0.487 e. The average molecular weight is 542 g/mol. The molecule has 0 bridgehead atoms. The lowest BCUT2D eigenvalue weighted by Crippen LogP contribution is -2.64. The van der Waals surface area contributed by atoms with Crippen LogP contribution in [0.15, 0.2) is 45.3 Å². The minimum atomic E-state index is -0.786. The Morgan fingerprint density at radius 3 is 2.82 bits per heavy atom. The molecule has 38 heavy (non-hydrogen) atoms. The number of rotatable bonds is 4. The molecule has 0 spiro atoms. The van der Waals surface area contributed by atoms with Crippen molar-refractivity contribution in [2.75, 3.05) is 13.1 Å². The smallest absolute Gasteiger partial charge is 0.258 e. The molecule has 5 heterocycles. The van der Waals surface area contributed by atoms with E-state index in [1.165, 1.54) is 18.2 Å². The van der Waals surface area contributed by atoms with Crippen LogP contribution < -0.4 is 10.1 Å². The van der Waals surface area contributed by atoms with Crippen molar-refractivity contribution >= 4 is 28.9 Å². The molecule has 0 radical (unpaired) electrons. The molecule has 0 aromatic heterocycles. The number of aliphatic hydroxyl groups is 1. The fourth-order valence-electron chi connectivity index (χ4n) is 7.11. The maximum atomic E-state index is 14.4. The molecular weight excluding hydrogens is 509 g/mol. The lowest BCUT2D eigenvalue weighted by Gasteiger charge is -2.53. The monoisotopic (exact) mass is 541 g/mol. The van der Waals surface area contributed by atoms with E-state index in [1.54, 1.807) is 4.90 Å². The number of amides is 1. The third-order valence-corrected chi connectivity index (χ3v) is 9.53. The first kappa shape index (κ1) is 25.5. The normalized spacial score (nSPS) is 36.3. The minimum absolute atomic E-state index is 0.0141. The van der Waals surface area contributed by atoms with Crippen LogP contribution in [0.25, 0.3) is 0 Å². The number of hydrogen-bond acceptors (Lipinski definition) is 7. The molecule has 8 nitrogen and oxygen atoms in total. The molecule has 1 aromatic rings. The Morgan fingerprint density at radius 2 is 2.11 bits per heavy atom. The summed E-state index contributed by atoms with van der Waals surface area (Å²) in [6, 6.07) is 4.31. The van der Waals surface area contributed by atoms with Gasteiger partial charge in [0.25, 0.3) is 5.91 Å². The number of carbonyl (C=O) groups is 1. The number of likely N-dealkylation sites (tertiary alicyclic amines) is 1. The van der Waals surface area contributed by atoms with E-state index in [0.717, 1.165) is 18.5 Å². The Morgan fingerprint density at radius 1 is 1.34 bits per heavy atom. The molecule has 6 rings (SSSR count). The second-order valence-corrected chi connectivity index (χ2v) is 12.0. The number of ether oxygens (including phenoxy) is 1. The zero-order valence-corrected chi connectivity index (χ0v) is 22.8. The van der Waals surface area contributed by atoms with E-state index in [2.05, 4.69) is 22.1 Å². The van der Waals surface area contributed by atoms with Gasteiger partial charge in [0, 0.05) is 35.8 Å². The van der Waals surface area contributed by atoms with Crippen LogP contribution in [-0.2, 0) is 0 Å². The molecule has 5 aliphatic rings. The van der Waals surface area contributed by atoms with Gasteiger partial charge < -0.3 is 25.5 Å². The topological polar surface area (TPSA) is 101 Å². The summed E-state index contributed by atoms with van der Waals surface area (Å²) >= 11 is 6.35. The molecule has 1 aromatic carbocycles. The van der Waals surface area contributed by atoms with Gasteiger partial charge in [0.05, 0.1) is 46.2 Å². The van der Waals surface area contributed by atoms with Crippen LogP contribution in [0.4, 0.5) is 4.39 Å². The van der Waals surface area contributed by atoms with Gasteiger partial charge in [-0.25, -0.2) is 9.38 Å². The highest BCUT2D eigenvalue weighted by molar-refractivity contribution is 6.43. The number of carbonyl (C=O) groups excluding carboxylic acids is 1. The van der Waals surface area contributed by atoms with Gasteiger partial charge in [0.15, 0.2) is 0 Å². The van der Waals surface area contributed by atoms with Crippen LogP contribution in [0.2, 0.25) is 0 Å². The van der Waals surface area contributed by atoms with Gasteiger partial charge in [-0.05, 0) is 52.2 Å². The second kappa shape index (κ2) is 8.63. The third kappa shape index (κ3) is 3.73. The Kier molecular flexibility index (Phi) is 5.79. The van der Waals surface area contributed by atoms with E-state index in [0.29, 0.717) is 46.7 Å². The molecule has 4 saturated heterocycles. The summed E-state index contributed by atoms with van der Waals surface area (Å²) in [7, 11) is 0. The molecule has 0 aliphatic carbocycles. The Labute approximate surface area is 226 Å². The standard InChI is InChI=1S/C28H33ClFN5O3/c1-5-20-24(29)14(2)32-25(33-20)18-12-34(13-19(18)31)26(36)17-7-6-15(30)8-21(17)38-23-9-22-28(4,37)11-16-10-27(23,3)35(16)22/h6-8,16,22-23,31,33,37H,5,9-13H2,1-4H3/b25-18-,31-19?/t16-,22+,23+,27?,28+/m0/s1. The Hall–Kier alpha value is -2.75. The minimum Gasteiger partial charge on any atom is -0.487 e. The van der Waals surface area contributed by atoms with E-state index in [9.17, 15) is 14.3 Å². The first-order chi connectivity index (χ1) is 17.9. The lowest BCUT2D eigenvalue weighted by molar-refractivity contribution is -0.0669. The maximum Gasteiger partial charge on any atom is 0.258 e. The van der Waals surface area contributed by atoms with Crippen LogP contribution in [0.5, 0.6) is 5.75 Å². The molecule has 1 unspecified atom stereocenters. The molecule has 0 saturated carbocycles. The molecule has 5 atom stereocenters. The molecule has 4 fully saturated rings. The summed E-state index contributed by atoms with van der Waals surface area (Å²) in [4.78, 5) is 22.1. The predicted octanol–water partition coefficient (Wildman–Crippen LogP) is 3.94. The van der Waals surface area contributed by atoms with Crippen molar-refractivity contribution in [1.29, 1.82) is 5.41 Å². The number of nitrogens with one attached hydrogen (secondary N) is 2. The maximum absolute atomic E-state index is 14.4. The number of nitrogens with zero attached hydrogens (tertiary/aromatic N) is 3. The second-order valence-electron chi connectivity index (χ2n) is 11.6. The summed E-state index contributed by atoms with van der Waals surface area (Å²) in [6.07, 6.45) is 2.68. The van der Waals surface area contributed by atoms with E-state index in [1.807, 2.05) is 20.8 Å². The highest BCUT2D eigenvalue weighted by Gasteiger charge is 2.69. The highest BCUT2D eigenvalue weighted by Crippen LogP contribution is 2.58. The fraction of sp³-hybridized carbons (Fsp3) is 0.536. The summed E-state index contributed by atoms with van der Waals surface area (Å²) in [5.74, 6) is -0.0811. The Balaban J connectivity index is 1.25. The van der Waals surface area contributed by atoms with Crippen LogP contribution in [0, 0.1) is 11.2 Å². The zero-order chi connectivity index (χ0) is 27.1. The fourth-order valence-corrected chi connectivity index (χ4v) is 7.33. The Bertz CT molecular complexity index is 1350.